The van der Waals surface area contributed by atoms with Gasteiger partial charge in [0, 0.05) is 19.0 Å². The van der Waals surface area contributed by atoms with Crippen LogP contribution in [0.1, 0.15) is 24.8 Å². The van der Waals surface area contributed by atoms with Gasteiger partial charge in [0.2, 0.25) is 5.91 Å². The Morgan fingerprint density at radius 3 is 2.77 bits per heavy atom. The normalized spacial score (nSPS) is 23.9. The first-order chi connectivity index (χ1) is 10.5. The molecule has 1 atom stereocenters. The quantitative estimate of drug-likeness (QED) is 0.837. The van der Waals surface area contributed by atoms with Crippen LogP contribution in [-0.2, 0) is 16.2 Å². The van der Waals surface area contributed by atoms with Crippen molar-refractivity contribution in [2.45, 2.75) is 38.0 Å². The molecule has 1 unspecified atom stereocenters. The fourth-order valence-electron chi connectivity index (χ4n) is 2.67. The molecule has 2 fully saturated rings. The summed E-state index contributed by atoms with van der Waals surface area (Å²) >= 11 is 11.8. The zero-order valence-corrected chi connectivity index (χ0v) is 13.5. The van der Waals surface area contributed by atoms with Crippen molar-refractivity contribution in [2.24, 2.45) is 10.9 Å². The number of amides is 1. The van der Waals surface area contributed by atoms with Gasteiger partial charge in [-0.25, -0.2) is 0 Å². The van der Waals surface area contributed by atoms with Crippen molar-refractivity contribution in [1.82, 2.24) is 4.90 Å². The number of hydrogen-bond donors (Lipinski definition) is 1. The second-order valence-electron chi connectivity index (χ2n) is 5.71. The van der Waals surface area contributed by atoms with E-state index < -0.39 is 0 Å². The average molecular weight is 342 g/mol. The Morgan fingerprint density at radius 1 is 1.36 bits per heavy atom. The van der Waals surface area contributed by atoms with Gasteiger partial charge in [0.1, 0.15) is 6.61 Å². The van der Waals surface area contributed by atoms with Crippen molar-refractivity contribution in [3.63, 3.8) is 0 Å². The van der Waals surface area contributed by atoms with Gasteiger partial charge in [0.25, 0.3) is 0 Å². The van der Waals surface area contributed by atoms with Crippen LogP contribution in [0, 0.1) is 0 Å². The molecular weight excluding hydrogens is 325 g/mol. The number of oxime groups is 1. The van der Waals surface area contributed by atoms with Crippen LogP contribution in [0.5, 0.6) is 0 Å². The molecule has 0 aromatic heterocycles. The number of nitrogens with two attached hydrogens (primary N) is 1. The summed E-state index contributed by atoms with van der Waals surface area (Å²) in [5.74, 6) is -0.290. The van der Waals surface area contributed by atoms with E-state index >= 15 is 0 Å². The summed E-state index contributed by atoms with van der Waals surface area (Å²) in [6.07, 6.45) is 2.80. The van der Waals surface area contributed by atoms with Gasteiger partial charge in [0.05, 0.1) is 21.8 Å². The van der Waals surface area contributed by atoms with Gasteiger partial charge in [-0.3, -0.25) is 9.69 Å². The molecule has 1 aromatic rings. The summed E-state index contributed by atoms with van der Waals surface area (Å²) < 4.78 is 0. The molecule has 3 rings (SSSR count). The molecule has 22 heavy (non-hydrogen) atoms. The molecule has 1 heterocycles. The van der Waals surface area contributed by atoms with Crippen LogP contribution < -0.4 is 5.73 Å². The second-order valence-corrected chi connectivity index (χ2v) is 6.52. The average Bonchev–Trinajstić information content (AvgIpc) is 3.23. The third kappa shape index (κ3) is 3.54. The number of primary amides is 1. The maximum atomic E-state index is 11.5. The maximum Gasteiger partial charge on any atom is 0.235 e. The monoisotopic (exact) mass is 341 g/mol. The molecule has 0 radical (unpaired) electrons. The maximum absolute atomic E-state index is 11.5. The predicted molar refractivity (Wildman–Crippen MR) is 86.0 cm³/mol. The number of carbonyl (C=O) groups is 1. The highest BCUT2D eigenvalue weighted by molar-refractivity contribution is 6.42. The van der Waals surface area contributed by atoms with E-state index in [1.807, 2.05) is 6.07 Å². The van der Waals surface area contributed by atoms with Gasteiger partial charge in [-0.1, -0.05) is 34.4 Å². The molecule has 2 aliphatic rings. The number of halogens is 2. The van der Waals surface area contributed by atoms with Gasteiger partial charge in [-0.15, -0.1) is 0 Å². The summed E-state index contributed by atoms with van der Waals surface area (Å²) in [6, 6.07) is 5.54. The van der Waals surface area contributed by atoms with Gasteiger partial charge in [-0.05, 0) is 30.5 Å². The molecule has 1 aliphatic heterocycles. The Balaban J connectivity index is 1.58. The topological polar surface area (TPSA) is 67.9 Å². The second kappa shape index (κ2) is 6.44. The first kappa shape index (κ1) is 15.6. The van der Waals surface area contributed by atoms with Crippen LogP contribution in [0.25, 0.3) is 0 Å². The minimum Gasteiger partial charge on any atom is -0.391 e. The molecule has 5 nitrogen and oxygen atoms in total. The molecular formula is C15H17Cl2N3O2. The zero-order chi connectivity index (χ0) is 15.7. The van der Waals surface area contributed by atoms with Crippen LogP contribution in [0.15, 0.2) is 23.4 Å². The van der Waals surface area contributed by atoms with Crippen molar-refractivity contribution in [3.8, 4) is 0 Å². The van der Waals surface area contributed by atoms with E-state index in [0.29, 0.717) is 35.7 Å². The Labute approximate surface area is 139 Å². The minimum atomic E-state index is -0.290. The van der Waals surface area contributed by atoms with E-state index in [2.05, 4.69) is 10.1 Å². The molecule has 1 aromatic carbocycles. The molecule has 0 bridgehead atoms. The highest BCUT2D eigenvalue weighted by Gasteiger charge is 2.42. The fourth-order valence-corrected chi connectivity index (χ4v) is 2.99. The Kier molecular flexibility index (Phi) is 4.57. The first-order valence-electron chi connectivity index (χ1n) is 7.21. The van der Waals surface area contributed by atoms with Crippen LogP contribution in [0.2, 0.25) is 10.0 Å². The molecule has 1 aliphatic carbocycles. The van der Waals surface area contributed by atoms with Crippen molar-refractivity contribution in [3.05, 3.63) is 33.8 Å². The molecule has 0 spiro atoms. The SMILES string of the molecule is NC(=O)C1CC(=NOCc2ccc(Cl)c(Cl)c2)CN1C1CC1. The number of nitrogens with zero attached hydrogens (tertiary/aromatic N) is 2. The Hall–Kier alpha value is -1.30. The predicted octanol–water partition coefficient (Wildman–Crippen LogP) is 2.59. The lowest BCUT2D eigenvalue weighted by atomic mass is 10.2. The smallest absolute Gasteiger partial charge is 0.235 e. The summed E-state index contributed by atoms with van der Waals surface area (Å²) in [6.45, 7) is 0.963. The summed E-state index contributed by atoms with van der Waals surface area (Å²) in [4.78, 5) is 19.0. The van der Waals surface area contributed by atoms with Crippen molar-refractivity contribution in [1.29, 1.82) is 0 Å². The molecule has 2 N–H and O–H groups in total. The van der Waals surface area contributed by atoms with E-state index in [-0.39, 0.29) is 11.9 Å². The lowest BCUT2D eigenvalue weighted by molar-refractivity contribution is -0.122. The fraction of sp³-hybridized carbons (Fsp3) is 0.467. The number of carbonyl (C=O) groups excluding carboxylic acids is 1. The van der Waals surface area contributed by atoms with Crippen molar-refractivity contribution < 1.29 is 9.63 Å². The van der Waals surface area contributed by atoms with E-state index in [1.54, 1.807) is 12.1 Å². The van der Waals surface area contributed by atoms with Crippen molar-refractivity contribution >= 4 is 34.8 Å². The third-order valence-corrected chi connectivity index (χ3v) is 4.69. The molecule has 1 amide bonds. The van der Waals surface area contributed by atoms with Gasteiger partial charge >= 0.3 is 0 Å². The molecule has 7 heteroatoms. The van der Waals surface area contributed by atoms with Gasteiger partial charge in [-0.2, -0.15) is 0 Å². The number of benzene rings is 1. The van der Waals surface area contributed by atoms with Crippen molar-refractivity contribution in [2.75, 3.05) is 6.54 Å². The van der Waals surface area contributed by atoms with E-state index in [9.17, 15) is 4.79 Å². The van der Waals surface area contributed by atoms with Gasteiger partial charge in [0.15, 0.2) is 0 Å². The zero-order valence-electron chi connectivity index (χ0n) is 12.0. The Bertz CT molecular complexity index is 617. The molecule has 1 saturated heterocycles. The van der Waals surface area contributed by atoms with E-state index in [4.69, 9.17) is 33.8 Å². The van der Waals surface area contributed by atoms with Crippen LogP contribution >= 0.6 is 23.2 Å². The Morgan fingerprint density at radius 2 is 2.14 bits per heavy atom. The molecule has 118 valence electrons. The highest BCUT2D eigenvalue weighted by Crippen LogP contribution is 2.32. The van der Waals surface area contributed by atoms with E-state index in [0.717, 1.165) is 24.1 Å². The largest absolute Gasteiger partial charge is 0.391 e. The highest BCUT2D eigenvalue weighted by atomic mass is 35.5. The first-order valence-corrected chi connectivity index (χ1v) is 7.97. The van der Waals surface area contributed by atoms with Crippen LogP contribution in [0.4, 0.5) is 0 Å². The van der Waals surface area contributed by atoms with E-state index in [1.165, 1.54) is 0 Å². The lowest BCUT2D eigenvalue weighted by Gasteiger charge is -2.19. The minimum absolute atomic E-state index is 0.250. The lowest BCUT2D eigenvalue weighted by Crippen LogP contribution is -2.41. The number of hydrogen-bond acceptors (Lipinski definition) is 4. The van der Waals surface area contributed by atoms with Crippen LogP contribution in [0.3, 0.4) is 0 Å². The summed E-state index contributed by atoms with van der Waals surface area (Å²) in [7, 11) is 0. The molecule has 1 saturated carbocycles. The number of rotatable bonds is 5. The number of likely N-dealkylation sites (tertiary alicyclic amines) is 1. The van der Waals surface area contributed by atoms with Crippen LogP contribution in [-0.4, -0.2) is 35.1 Å². The standard InChI is InChI=1S/C15H17Cl2N3O2/c16-12-4-1-9(5-13(12)17)8-22-19-10-6-14(15(18)21)20(7-10)11-2-3-11/h1,4-5,11,14H,2-3,6-8H2,(H2,18,21). The van der Waals surface area contributed by atoms with Gasteiger partial charge < -0.3 is 10.6 Å². The summed E-state index contributed by atoms with van der Waals surface area (Å²) in [5.41, 5.74) is 7.21. The summed E-state index contributed by atoms with van der Waals surface area (Å²) in [5, 5.41) is 5.16. The third-order valence-electron chi connectivity index (χ3n) is 3.95.